The first kappa shape index (κ1) is 14.5. The van der Waals surface area contributed by atoms with Gasteiger partial charge in [-0.2, -0.15) is 0 Å². The second-order valence-corrected chi connectivity index (χ2v) is 5.32. The number of aryl methyl sites for hydroxylation is 1. The number of nitrogens with one attached hydrogen (secondary N) is 2. The van der Waals surface area contributed by atoms with E-state index in [9.17, 15) is 9.59 Å². The summed E-state index contributed by atoms with van der Waals surface area (Å²) in [7, 11) is 0. The third-order valence-electron chi connectivity index (χ3n) is 3.83. The lowest BCUT2D eigenvalue weighted by Gasteiger charge is -2.20. The van der Waals surface area contributed by atoms with Gasteiger partial charge in [-0.1, -0.05) is 20.3 Å². The first-order chi connectivity index (χ1) is 9.51. The van der Waals surface area contributed by atoms with E-state index < -0.39 is 6.04 Å². The Morgan fingerprint density at radius 2 is 2.20 bits per heavy atom. The molecule has 20 heavy (non-hydrogen) atoms. The number of benzene rings is 1. The molecule has 0 saturated carbocycles. The lowest BCUT2D eigenvalue weighted by atomic mass is 9.99. The number of anilines is 2. The maximum Gasteiger partial charge on any atom is 0.241 e. The highest BCUT2D eigenvalue weighted by Gasteiger charge is 2.20. The number of hydrogen-bond donors (Lipinski definition) is 3. The lowest BCUT2D eigenvalue weighted by Crippen LogP contribution is -2.40. The second kappa shape index (κ2) is 6.05. The fraction of sp³-hybridized carbons (Fsp3) is 0.467. The van der Waals surface area contributed by atoms with Crippen molar-refractivity contribution in [2.24, 2.45) is 11.7 Å². The van der Waals surface area contributed by atoms with E-state index >= 15 is 0 Å². The lowest BCUT2D eigenvalue weighted by molar-refractivity contribution is -0.118. The minimum atomic E-state index is -0.504. The molecular formula is C15H21N3O2. The molecule has 0 saturated heterocycles. The summed E-state index contributed by atoms with van der Waals surface area (Å²) in [5.74, 6) is 0.0131. The summed E-state index contributed by atoms with van der Waals surface area (Å²) in [6, 6.07) is 4.99. The Bertz CT molecular complexity index is 528. The predicted molar refractivity (Wildman–Crippen MR) is 79.5 cm³/mol. The van der Waals surface area contributed by atoms with Crippen molar-refractivity contribution in [1.29, 1.82) is 0 Å². The number of hydrogen-bond acceptors (Lipinski definition) is 3. The molecule has 0 fully saturated rings. The number of rotatable bonds is 4. The highest BCUT2D eigenvalue weighted by atomic mass is 16.2. The van der Waals surface area contributed by atoms with Crippen LogP contribution in [0.15, 0.2) is 18.2 Å². The minimum Gasteiger partial charge on any atom is -0.326 e. The van der Waals surface area contributed by atoms with E-state index in [-0.39, 0.29) is 17.7 Å². The van der Waals surface area contributed by atoms with E-state index in [4.69, 9.17) is 5.73 Å². The van der Waals surface area contributed by atoms with Crippen molar-refractivity contribution in [3.05, 3.63) is 23.8 Å². The Morgan fingerprint density at radius 1 is 1.45 bits per heavy atom. The fourth-order valence-corrected chi connectivity index (χ4v) is 2.20. The summed E-state index contributed by atoms with van der Waals surface area (Å²) in [4.78, 5) is 23.3. The topological polar surface area (TPSA) is 84.2 Å². The predicted octanol–water partition coefficient (Wildman–Crippen LogP) is 1.88. The number of amides is 2. The number of carbonyl (C=O) groups excluding carboxylic acids is 2. The van der Waals surface area contributed by atoms with Gasteiger partial charge in [0.15, 0.2) is 0 Å². The van der Waals surface area contributed by atoms with Crippen LogP contribution in [0.3, 0.4) is 0 Å². The van der Waals surface area contributed by atoms with Gasteiger partial charge in [-0.3, -0.25) is 9.59 Å². The van der Waals surface area contributed by atoms with E-state index in [1.54, 1.807) is 6.07 Å². The smallest absolute Gasteiger partial charge is 0.241 e. The normalized spacial score (nSPS) is 16.9. The summed E-state index contributed by atoms with van der Waals surface area (Å²) in [5.41, 5.74) is 8.50. The highest BCUT2D eigenvalue weighted by Crippen LogP contribution is 2.25. The zero-order valence-corrected chi connectivity index (χ0v) is 11.9. The maximum absolute atomic E-state index is 12.0. The molecule has 1 heterocycles. The first-order valence-corrected chi connectivity index (χ1v) is 7.00. The summed E-state index contributed by atoms with van der Waals surface area (Å²) in [6.45, 7) is 3.98. The van der Waals surface area contributed by atoms with Crippen LogP contribution in [-0.4, -0.2) is 17.9 Å². The van der Waals surface area contributed by atoms with Gasteiger partial charge in [-0.25, -0.2) is 0 Å². The average Bonchev–Trinajstić information content (AvgIpc) is 2.45. The van der Waals surface area contributed by atoms with Gasteiger partial charge in [0.2, 0.25) is 11.8 Å². The zero-order valence-electron chi connectivity index (χ0n) is 11.9. The standard InChI is InChI=1S/C15H21N3O2/c1-3-9(2)14(16)15(20)17-11-5-6-12-10(8-11)4-7-13(19)18-12/h5-6,8-9,14H,3-4,7,16H2,1-2H3,(H,17,20)(H,18,19)/t9-,14-/m0/s1. The third-order valence-corrected chi connectivity index (χ3v) is 3.83. The highest BCUT2D eigenvalue weighted by molar-refractivity contribution is 5.97. The molecule has 5 heteroatoms. The van der Waals surface area contributed by atoms with Gasteiger partial charge in [0.1, 0.15) is 0 Å². The summed E-state index contributed by atoms with van der Waals surface area (Å²) in [5, 5.41) is 5.66. The van der Waals surface area contributed by atoms with E-state index in [2.05, 4.69) is 10.6 Å². The molecule has 1 aromatic carbocycles. The van der Waals surface area contributed by atoms with Crippen LogP contribution < -0.4 is 16.4 Å². The van der Waals surface area contributed by atoms with Crippen LogP contribution in [0.5, 0.6) is 0 Å². The van der Waals surface area contributed by atoms with Crippen LogP contribution in [0.4, 0.5) is 11.4 Å². The Kier molecular flexibility index (Phi) is 4.39. The molecular weight excluding hydrogens is 254 g/mol. The molecule has 0 aliphatic carbocycles. The molecule has 2 atom stereocenters. The number of carbonyl (C=O) groups is 2. The van der Waals surface area contributed by atoms with Crippen molar-refractivity contribution in [1.82, 2.24) is 0 Å². The monoisotopic (exact) mass is 275 g/mol. The van der Waals surface area contributed by atoms with Gasteiger partial charge >= 0.3 is 0 Å². The molecule has 2 rings (SSSR count). The Labute approximate surface area is 118 Å². The van der Waals surface area contributed by atoms with Crippen LogP contribution in [0.1, 0.15) is 32.3 Å². The van der Waals surface area contributed by atoms with Crippen LogP contribution in [0.25, 0.3) is 0 Å². The third kappa shape index (κ3) is 3.17. The molecule has 0 unspecified atom stereocenters. The van der Waals surface area contributed by atoms with Crippen molar-refractivity contribution in [3.63, 3.8) is 0 Å². The van der Waals surface area contributed by atoms with Crippen molar-refractivity contribution in [2.75, 3.05) is 10.6 Å². The Morgan fingerprint density at radius 3 is 2.90 bits per heavy atom. The molecule has 1 aliphatic heterocycles. The zero-order chi connectivity index (χ0) is 14.7. The number of nitrogens with two attached hydrogens (primary N) is 1. The van der Waals surface area contributed by atoms with Gasteiger partial charge in [0.25, 0.3) is 0 Å². The average molecular weight is 275 g/mol. The largest absolute Gasteiger partial charge is 0.326 e. The summed E-state index contributed by atoms with van der Waals surface area (Å²) in [6.07, 6.45) is 2.05. The minimum absolute atomic E-state index is 0.0353. The SMILES string of the molecule is CC[C@H](C)[C@H](N)C(=O)Nc1ccc2c(c1)CCC(=O)N2. The molecule has 108 valence electrons. The van der Waals surface area contributed by atoms with Gasteiger partial charge in [-0.05, 0) is 36.1 Å². The summed E-state index contributed by atoms with van der Waals surface area (Å²) >= 11 is 0. The van der Waals surface area contributed by atoms with E-state index in [0.29, 0.717) is 12.8 Å². The molecule has 0 radical (unpaired) electrons. The van der Waals surface area contributed by atoms with Crippen molar-refractivity contribution in [3.8, 4) is 0 Å². The summed E-state index contributed by atoms with van der Waals surface area (Å²) < 4.78 is 0. The molecule has 0 bridgehead atoms. The van der Waals surface area contributed by atoms with E-state index in [1.165, 1.54) is 0 Å². The van der Waals surface area contributed by atoms with Gasteiger partial charge in [0, 0.05) is 17.8 Å². The quantitative estimate of drug-likeness (QED) is 0.784. The van der Waals surface area contributed by atoms with Crippen LogP contribution in [0.2, 0.25) is 0 Å². The number of fused-ring (bicyclic) bond motifs is 1. The fourth-order valence-electron chi connectivity index (χ4n) is 2.20. The molecule has 0 aromatic heterocycles. The van der Waals surface area contributed by atoms with Crippen molar-refractivity contribution >= 4 is 23.2 Å². The van der Waals surface area contributed by atoms with Crippen LogP contribution in [-0.2, 0) is 16.0 Å². The van der Waals surface area contributed by atoms with Crippen LogP contribution >= 0.6 is 0 Å². The van der Waals surface area contributed by atoms with Gasteiger partial charge < -0.3 is 16.4 Å². The maximum atomic E-state index is 12.0. The molecule has 2 amide bonds. The van der Waals surface area contributed by atoms with E-state index in [1.807, 2.05) is 26.0 Å². The van der Waals surface area contributed by atoms with Gasteiger partial charge in [0.05, 0.1) is 6.04 Å². The van der Waals surface area contributed by atoms with Gasteiger partial charge in [-0.15, -0.1) is 0 Å². The van der Waals surface area contributed by atoms with Crippen molar-refractivity contribution in [2.45, 2.75) is 39.2 Å². The molecule has 1 aliphatic rings. The molecule has 1 aromatic rings. The Hall–Kier alpha value is -1.88. The molecule has 4 N–H and O–H groups in total. The molecule has 0 spiro atoms. The first-order valence-electron chi connectivity index (χ1n) is 7.00. The van der Waals surface area contributed by atoms with Crippen LogP contribution in [0, 0.1) is 5.92 Å². The second-order valence-electron chi connectivity index (χ2n) is 5.32. The molecule has 5 nitrogen and oxygen atoms in total. The van der Waals surface area contributed by atoms with E-state index in [0.717, 1.165) is 23.4 Å². The van der Waals surface area contributed by atoms with Crippen molar-refractivity contribution < 1.29 is 9.59 Å². The Balaban J connectivity index is 2.07.